The van der Waals surface area contributed by atoms with Crippen molar-refractivity contribution in [3.8, 4) is 11.5 Å². The molecule has 0 spiro atoms. The zero-order chi connectivity index (χ0) is 18.5. The Bertz CT molecular complexity index is 774. The highest BCUT2D eigenvalue weighted by molar-refractivity contribution is 5.94. The summed E-state index contributed by atoms with van der Waals surface area (Å²) in [4.78, 5) is 15.0. The summed E-state index contributed by atoms with van der Waals surface area (Å²) in [5.41, 5.74) is 2.77. The number of likely N-dealkylation sites (tertiary alicyclic amines) is 1. The number of benzene rings is 2. The quantitative estimate of drug-likeness (QED) is 0.790. The number of methoxy groups -OCH3 is 3. The molecule has 0 aliphatic carbocycles. The molecule has 2 aromatic rings. The maximum Gasteiger partial charge on any atom is 0.254 e. The van der Waals surface area contributed by atoms with Gasteiger partial charge in [0, 0.05) is 19.2 Å². The molecule has 0 aromatic heterocycles. The second-order valence-corrected chi connectivity index (χ2v) is 6.40. The highest BCUT2D eigenvalue weighted by atomic mass is 16.5. The summed E-state index contributed by atoms with van der Waals surface area (Å²) in [5, 5.41) is 0. The summed E-state index contributed by atoms with van der Waals surface area (Å²) in [5.74, 6) is 1.44. The van der Waals surface area contributed by atoms with Gasteiger partial charge in [0.2, 0.25) is 0 Å². The number of carbonyl (C=O) groups is 1. The fourth-order valence-corrected chi connectivity index (χ4v) is 3.54. The number of hydrogen-bond donors (Lipinski definition) is 0. The number of ether oxygens (including phenoxy) is 3. The Balaban J connectivity index is 1.86. The van der Waals surface area contributed by atoms with E-state index in [1.807, 2.05) is 47.4 Å². The van der Waals surface area contributed by atoms with Gasteiger partial charge in [0.15, 0.2) is 11.5 Å². The van der Waals surface area contributed by atoms with Crippen LogP contribution in [-0.2, 0) is 11.3 Å². The number of carbonyl (C=O) groups excluding carboxylic acids is 1. The molecule has 0 bridgehead atoms. The molecular weight excluding hydrogens is 330 g/mol. The standard InChI is InChI=1S/C21H25NO4/c1-24-14-15-6-4-7-17(12-15)21(23)22-11-5-8-18(22)16-9-10-19(25-2)20(13-16)26-3/h4,6-7,9-10,12-13,18H,5,8,11,14H2,1-3H3/t18-/m1/s1. The van der Waals surface area contributed by atoms with Gasteiger partial charge in [0.05, 0.1) is 26.9 Å². The first kappa shape index (κ1) is 18.3. The van der Waals surface area contributed by atoms with Crippen molar-refractivity contribution in [3.63, 3.8) is 0 Å². The molecule has 138 valence electrons. The van der Waals surface area contributed by atoms with Crippen LogP contribution in [0.25, 0.3) is 0 Å². The van der Waals surface area contributed by atoms with Crippen LogP contribution in [0.1, 0.15) is 40.4 Å². The first-order valence-electron chi connectivity index (χ1n) is 8.78. The molecule has 5 nitrogen and oxygen atoms in total. The third-order valence-corrected chi connectivity index (χ3v) is 4.79. The molecule has 26 heavy (non-hydrogen) atoms. The molecule has 1 saturated heterocycles. The van der Waals surface area contributed by atoms with E-state index in [0.717, 1.165) is 30.5 Å². The van der Waals surface area contributed by atoms with Gasteiger partial charge in [-0.3, -0.25) is 4.79 Å². The van der Waals surface area contributed by atoms with E-state index in [9.17, 15) is 4.79 Å². The van der Waals surface area contributed by atoms with Gasteiger partial charge in [-0.25, -0.2) is 0 Å². The van der Waals surface area contributed by atoms with E-state index in [-0.39, 0.29) is 11.9 Å². The van der Waals surface area contributed by atoms with Crippen molar-refractivity contribution in [1.82, 2.24) is 4.90 Å². The SMILES string of the molecule is COCc1cccc(C(=O)N2CCC[C@@H]2c2ccc(OC)c(OC)c2)c1. The lowest BCUT2D eigenvalue weighted by Gasteiger charge is -2.26. The first-order chi connectivity index (χ1) is 12.7. The van der Waals surface area contributed by atoms with E-state index in [0.29, 0.717) is 23.7 Å². The van der Waals surface area contributed by atoms with Gasteiger partial charge < -0.3 is 19.1 Å². The van der Waals surface area contributed by atoms with Crippen LogP contribution >= 0.6 is 0 Å². The van der Waals surface area contributed by atoms with Crippen molar-refractivity contribution in [3.05, 3.63) is 59.2 Å². The van der Waals surface area contributed by atoms with Crippen LogP contribution in [0.5, 0.6) is 11.5 Å². The highest BCUT2D eigenvalue weighted by Crippen LogP contribution is 2.37. The van der Waals surface area contributed by atoms with E-state index in [2.05, 4.69) is 0 Å². The average Bonchev–Trinajstić information content (AvgIpc) is 3.17. The maximum absolute atomic E-state index is 13.1. The van der Waals surface area contributed by atoms with Crippen LogP contribution in [-0.4, -0.2) is 38.7 Å². The van der Waals surface area contributed by atoms with Crippen LogP contribution in [0.4, 0.5) is 0 Å². The fourth-order valence-electron chi connectivity index (χ4n) is 3.54. The Hall–Kier alpha value is -2.53. The van der Waals surface area contributed by atoms with Crippen molar-refractivity contribution < 1.29 is 19.0 Å². The zero-order valence-corrected chi connectivity index (χ0v) is 15.5. The number of hydrogen-bond acceptors (Lipinski definition) is 4. The van der Waals surface area contributed by atoms with E-state index in [1.165, 1.54) is 0 Å². The van der Waals surface area contributed by atoms with Crippen molar-refractivity contribution in [2.75, 3.05) is 27.9 Å². The Morgan fingerprint density at radius 2 is 1.88 bits per heavy atom. The Labute approximate surface area is 154 Å². The lowest BCUT2D eigenvalue weighted by molar-refractivity contribution is 0.0735. The van der Waals surface area contributed by atoms with Gasteiger partial charge in [-0.05, 0) is 48.2 Å². The molecule has 0 radical (unpaired) electrons. The van der Waals surface area contributed by atoms with Gasteiger partial charge in [0.1, 0.15) is 0 Å². The molecule has 0 unspecified atom stereocenters. The fraction of sp³-hybridized carbons (Fsp3) is 0.381. The van der Waals surface area contributed by atoms with E-state index >= 15 is 0 Å². The Kier molecular flexibility index (Phi) is 5.78. The molecule has 1 fully saturated rings. The van der Waals surface area contributed by atoms with Gasteiger partial charge in [-0.1, -0.05) is 18.2 Å². The largest absolute Gasteiger partial charge is 0.493 e. The minimum atomic E-state index is 0.0494. The van der Waals surface area contributed by atoms with Crippen molar-refractivity contribution in [1.29, 1.82) is 0 Å². The third-order valence-electron chi connectivity index (χ3n) is 4.79. The number of amides is 1. The molecule has 0 saturated carbocycles. The first-order valence-corrected chi connectivity index (χ1v) is 8.78. The molecule has 1 aliphatic rings. The molecule has 2 aromatic carbocycles. The second kappa shape index (κ2) is 8.23. The molecule has 1 heterocycles. The summed E-state index contributed by atoms with van der Waals surface area (Å²) in [7, 11) is 4.90. The van der Waals surface area contributed by atoms with Crippen LogP contribution in [0.3, 0.4) is 0 Å². The summed E-state index contributed by atoms with van der Waals surface area (Å²) >= 11 is 0. The Morgan fingerprint density at radius 1 is 1.08 bits per heavy atom. The topological polar surface area (TPSA) is 48.0 Å². The van der Waals surface area contributed by atoms with Crippen LogP contribution in [0, 0.1) is 0 Å². The predicted octanol–water partition coefficient (Wildman–Crippen LogP) is 3.83. The van der Waals surface area contributed by atoms with Crippen LogP contribution in [0.2, 0.25) is 0 Å². The highest BCUT2D eigenvalue weighted by Gasteiger charge is 2.31. The van der Waals surface area contributed by atoms with Crippen LogP contribution < -0.4 is 9.47 Å². The zero-order valence-electron chi connectivity index (χ0n) is 15.5. The van der Waals surface area contributed by atoms with E-state index < -0.39 is 0 Å². The number of nitrogens with zero attached hydrogens (tertiary/aromatic N) is 1. The predicted molar refractivity (Wildman–Crippen MR) is 99.7 cm³/mol. The van der Waals surface area contributed by atoms with Crippen LogP contribution in [0.15, 0.2) is 42.5 Å². The minimum Gasteiger partial charge on any atom is -0.493 e. The van der Waals surface area contributed by atoms with E-state index in [4.69, 9.17) is 14.2 Å². The molecule has 0 N–H and O–H groups in total. The monoisotopic (exact) mass is 355 g/mol. The molecular formula is C21H25NO4. The smallest absolute Gasteiger partial charge is 0.254 e. The van der Waals surface area contributed by atoms with Crippen molar-refractivity contribution >= 4 is 5.91 Å². The van der Waals surface area contributed by atoms with Crippen molar-refractivity contribution in [2.45, 2.75) is 25.5 Å². The average molecular weight is 355 g/mol. The summed E-state index contributed by atoms with van der Waals surface area (Å²) in [6.45, 7) is 1.26. The second-order valence-electron chi connectivity index (χ2n) is 6.40. The summed E-state index contributed by atoms with van der Waals surface area (Å²) in [6, 6.07) is 13.6. The molecule has 3 rings (SSSR count). The maximum atomic E-state index is 13.1. The Morgan fingerprint density at radius 3 is 2.62 bits per heavy atom. The third kappa shape index (κ3) is 3.68. The van der Waals surface area contributed by atoms with Gasteiger partial charge in [-0.2, -0.15) is 0 Å². The number of rotatable bonds is 6. The lowest BCUT2D eigenvalue weighted by atomic mass is 10.0. The normalized spacial score (nSPS) is 16.6. The van der Waals surface area contributed by atoms with Gasteiger partial charge in [-0.15, -0.1) is 0 Å². The van der Waals surface area contributed by atoms with Crippen molar-refractivity contribution in [2.24, 2.45) is 0 Å². The molecule has 1 atom stereocenters. The lowest BCUT2D eigenvalue weighted by Crippen LogP contribution is -2.30. The van der Waals surface area contributed by atoms with E-state index in [1.54, 1.807) is 21.3 Å². The summed E-state index contributed by atoms with van der Waals surface area (Å²) in [6.07, 6.45) is 1.93. The molecule has 5 heteroatoms. The minimum absolute atomic E-state index is 0.0494. The van der Waals surface area contributed by atoms with Gasteiger partial charge in [0.25, 0.3) is 5.91 Å². The van der Waals surface area contributed by atoms with Gasteiger partial charge >= 0.3 is 0 Å². The molecule has 1 aliphatic heterocycles. The molecule has 1 amide bonds. The summed E-state index contributed by atoms with van der Waals surface area (Å²) < 4.78 is 15.9.